The Morgan fingerprint density at radius 1 is 1.25 bits per heavy atom. The maximum Gasteiger partial charge on any atom is 0.394 e. The van der Waals surface area contributed by atoms with E-state index in [0.717, 1.165) is 15.5 Å². The van der Waals surface area contributed by atoms with Crippen LogP contribution in [0.25, 0.3) is 0 Å². The SMILES string of the molecule is Cn1c(N=COc2cccc(OC(C)(F)F)c2)c(NCc2ccc(Cl)nc2)c(=O)n(CCCO)c1=O. The summed E-state index contributed by atoms with van der Waals surface area (Å²) in [6.07, 6.45) is -0.658. The maximum atomic E-state index is 13.1. The van der Waals surface area contributed by atoms with Gasteiger partial charge in [-0.2, -0.15) is 13.8 Å². The average molecular weight is 524 g/mol. The highest BCUT2D eigenvalue weighted by molar-refractivity contribution is 6.29. The largest absolute Gasteiger partial charge is 0.446 e. The molecule has 2 heterocycles. The molecular formula is C23H24ClF2N5O5. The first-order valence-corrected chi connectivity index (χ1v) is 11.1. The van der Waals surface area contributed by atoms with Gasteiger partial charge in [-0.1, -0.05) is 23.7 Å². The number of ether oxygens (including phenoxy) is 2. The van der Waals surface area contributed by atoms with E-state index in [2.05, 4.69) is 20.0 Å². The van der Waals surface area contributed by atoms with E-state index in [1.54, 1.807) is 12.1 Å². The van der Waals surface area contributed by atoms with Gasteiger partial charge >= 0.3 is 11.8 Å². The zero-order valence-corrected chi connectivity index (χ0v) is 20.2. The van der Waals surface area contributed by atoms with Crippen LogP contribution in [0.15, 0.2) is 57.2 Å². The van der Waals surface area contributed by atoms with Crippen LogP contribution >= 0.6 is 11.6 Å². The maximum absolute atomic E-state index is 13.1. The molecule has 0 bridgehead atoms. The first kappa shape index (κ1) is 26.8. The quantitative estimate of drug-likeness (QED) is 0.225. The number of hydrogen-bond donors (Lipinski definition) is 2. The fraction of sp³-hybridized carbons (Fsp3) is 0.304. The molecule has 0 aliphatic heterocycles. The number of nitrogens with zero attached hydrogens (tertiary/aromatic N) is 4. The van der Waals surface area contributed by atoms with E-state index < -0.39 is 17.4 Å². The molecular weight excluding hydrogens is 500 g/mol. The topological polar surface area (TPSA) is 120 Å². The number of aliphatic imine (C=N–C) groups is 1. The van der Waals surface area contributed by atoms with Crippen molar-refractivity contribution < 1.29 is 23.4 Å². The lowest BCUT2D eigenvalue weighted by Crippen LogP contribution is -2.40. The van der Waals surface area contributed by atoms with Crippen LogP contribution in [0.4, 0.5) is 20.3 Å². The van der Waals surface area contributed by atoms with Crippen LogP contribution in [-0.4, -0.2) is 38.3 Å². The van der Waals surface area contributed by atoms with E-state index in [-0.39, 0.29) is 49.1 Å². The summed E-state index contributed by atoms with van der Waals surface area (Å²) in [5.74, 6) is -0.00517. The molecule has 0 saturated heterocycles. The molecule has 0 atom stereocenters. The van der Waals surface area contributed by atoms with Crippen molar-refractivity contribution in [2.24, 2.45) is 12.0 Å². The summed E-state index contributed by atoms with van der Waals surface area (Å²) in [4.78, 5) is 34.0. The molecule has 3 rings (SSSR count). The highest BCUT2D eigenvalue weighted by Crippen LogP contribution is 2.25. The molecule has 2 N–H and O–H groups in total. The third-order valence-corrected chi connectivity index (χ3v) is 5.01. The number of pyridine rings is 1. The first-order chi connectivity index (χ1) is 17.1. The van der Waals surface area contributed by atoms with Crippen molar-refractivity contribution in [1.82, 2.24) is 14.1 Å². The first-order valence-electron chi connectivity index (χ1n) is 10.7. The second kappa shape index (κ2) is 11.8. The van der Waals surface area contributed by atoms with Crippen molar-refractivity contribution in [3.8, 4) is 11.5 Å². The third-order valence-electron chi connectivity index (χ3n) is 4.78. The highest BCUT2D eigenvalue weighted by atomic mass is 35.5. The Morgan fingerprint density at radius 2 is 2.00 bits per heavy atom. The van der Waals surface area contributed by atoms with Gasteiger partial charge in [0.25, 0.3) is 5.56 Å². The van der Waals surface area contributed by atoms with Crippen molar-refractivity contribution in [3.05, 3.63) is 74.1 Å². The molecule has 0 aliphatic carbocycles. The average Bonchev–Trinajstić information content (AvgIpc) is 2.82. The number of halogens is 3. The normalized spacial score (nSPS) is 11.6. The molecule has 0 amide bonds. The molecule has 0 unspecified atom stereocenters. The standard InChI is InChI=1S/C23H24ClF2N5O5/c1-23(25,26)36-17-6-3-5-16(11-17)35-14-29-20-19(28-13-15-7-8-18(24)27-12-15)21(33)31(9-4-10-32)22(34)30(20)2/h3,5-8,11-12,14,28,32H,4,9-10,13H2,1-2H3. The monoisotopic (exact) mass is 523 g/mol. The van der Waals surface area contributed by atoms with Gasteiger partial charge in [0.1, 0.15) is 22.3 Å². The number of aliphatic hydroxyl groups is 1. The van der Waals surface area contributed by atoms with E-state index in [1.165, 1.54) is 37.5 Å². The van der Waals surface area contributed by atoms with E-state index in [0.29, 0.717) is 17.6 Å². The van der Waals surface area contributed by atoms with E-state index in [9.17, 15) is 18.4 Å². The summed E-state index contributed by atoms with van der Waals surface area (Å²) < 4.78 is 38.3. The number of benzene rings is 1. The molecule has 0 saturated carbocycles. The summed E-state index contributed by atoms with van der Waals surface area (Å²) in [5.41, 5.74) is -0.557. The minimum absolute atomic E-state index is 0.00699. The van der Waals surface area contributed by atoms with Gasteiger partial charge in [0.15, 0.2) is 12.2 Å². The van der Waals surface area contributed by atoms with Crippen LogP contribution in [-0.2, 0) is 20.1 Å². The molecule has 1 aromatic carbocycles. The van der Waals surface area contributed by atoms with Gasteiger partial charge in [0, 0.05) is 45.9 Å². The summed E-state index contributed by atoms with van der Waals surface area (Å²) in [7, 11) is 1.43. The van der Waals surface area contributed by atoms with Gasteiger partial charge in [0.05, 0.1) is 0 Å². The van der Waals surface area contributed by atoms with Crippen molar-refractivity contribution in [3.63, 3.8) is 0 Å². The number of anilines is 1. The lowest BCUT2D eigenvalue weighted by Gasteiger charge is -2.15. The molecule has 192 valence electrons. The molecule has 0 spiro atoms. The van der Waals surface area contributed by atoms with Crippen molar-refractivity contribution in [2.45, 2.75) is 32.5 Å². The summed E-state index contributed by atoms with van der Waals surface area (Å²) in [6.45, 7) is 0.593. The Bertz CT molecular complexity index is 1340. The minimum atomic E-state index is -3.37. The number of aliphatic hydroxyl groups excluding tert-OH is 1. The molecule has 0 radical (unpaired) electrons. The second-order valence-corrected chi connectivity index (χ2v) is 8.04. The lowest BCUT2D eigenvalue weighted by molar-refractivity contribution is -0.158. The van der Waals surface area contributed by atoms with Crippen LogP contribution in [0.3, 0.4) is 0 Å². The predicted octanol–water partition coefficient (Wildman–Crippen LogP) is 3.32. The van der Waals surface area contributed by atoms with Crippen molar-refractivity contribution in [1.29, 1.82) is 0 Å². The molecule has 36 heavy (non-hydrogen) atoms. The summed E-state index contributed by atoms with van der Waals surface area (Å²) in [6, 6.07) is 8.83. The highest BCUT2D eigenvalue weighted by Gasteiger charge is 2.23. The number of alkyl halides is 2. The number of nitrogens with one attached hydrogen (secondary N) is 1. The Kier molecular flexibility index (Phi) is 8.78. The van der Waals surface area contributed by atoms with Gasteiger partial charge in [-0.15, -0.1) is 0 Å². The zero-order valence-electron chi connectivity index (χ0n) is 19.5. The van der Waals surface area contributed by atoms with E-state index >= 15 is 0 Å². The molecule has 10 nitrogen and oxygen atoms in total. The van der Waals surface area contributed by atoms with Gasteiger partial charge in [0.2, 0.25) is 0 Å². The fourth-order valence-corrected chi connectivity index (χ4v) is 3.26. The minimum Gasteiger partial charge on any atom is -0.446 e. The zero-order chi connectivity index (χ0) is 26.3. The van der Waals surface area contributed by atoms with Crippen LogP contribution in [0.2, 0.25) is 5.15 Å². The lowest BCUT2D eigenvalue weighted by atomic mass is 10.3. The van der Waals surface area contributed by atoms with Crippen LogP contribution in [0.5, 0.6) is 11.5 Å². The molecule has 0 aliphatic rings. The molecule has 0 fully saturated rings. The van der Waals surface area contributed by atoms with Crippen molar-refractivity contribution in [2.75, 3.05) is 11.9 Å². The smallest absolute Gasteiger partial charge is 0.394 e. The van der Waals surface area contributed by atoms with E-state index in [1.807, 2.05) is 0 Å². The Balaban J connectivity index is 1.92. The van der Waals surface area contributed by atoms with Gasteiger partial charge in [-0.25, -0.2) is 9.78 Å². The summed E-state index contributed by atoms with van der Waals surface area (Å²) >= 11 is 5.81. The number of hydrogen-bond acceptors (Lipinski definition) is 8. The van der Waals surface area contributed by atoms with Crippen LogP contribution < -0.4 is 26.0 Å². The Morgan fingerprint density at radius 3 is 2.67 bits per heavy atom. The van der Waals surface area contributed by atoms with Gasteiger partial charge in [-0.05, 0) is 30.2 Å². The van der Waals surface area contributed by atoms with E-state index in [4.69, 9.17) is 21.4 Å². The second-order valence-electron chi connectivity index (χ2n) is 7.65. The predicted molar refractivity (Wildman–Crippen MR) is 131 cm³/mol. The number of aromatic nitrogens is 3. The van der Waals surface area contributed by atoms with Crippen molar-refractivity contribution >= 4 is 29.5 Å². The third kappa shape index (κ3) is 7.12. The Hall–Kier alpha value is -3.77. The fourth-order valence-electron chi connectivity index (χ4n) is 3.15. The van der Waals surface area contributed by atoms with Crippen LogP contribution in [0.1, 0.15) is 18.9 Å². The number of rotatable bonds is 11. The Labute approximate surface area is 209 Å². The molecule has 3 aromatic rings. The molecule has 2 aromatic heterocycles. The summed E-state index contributed by atoms with van der Waals surface area (Å²) in [5, 5.41) is 12.4. The van der Waals surface area contributed by atoms with Gasteiger partial charge in [-0.3, -0.25) is 13.9 Å². The van der Waals surface area contributed by atoms with Crippen LogP contribution in [0, 0.1) is 0 Å². The van der Waals surface area contributed by atoms with Gasteiger partial charge < -0.3 is 19.9 Å². The molecule has 13 heteroatoms.